The number of fused-ring (bicyclic) bond motifs is 2. The maximum atomic E-state index is 12.9. The first-order chi connectivity index (χ1) is 21.4. The maximum Gasteiger partial charge on any atom is 0.410 e. The molecule has 5 rings (SSSR count). The Bertz CT molecular complexity index is 1540. The summed E-state index contributed by atoms with van der Waals surface area (Å²) in [5.74, 6) is 0. The average Bonchev–Trinajstić information content (AvgIpc) is 3.37. The minimum Gasteiger partial charge on any atom is -0.444 e. The number of piperazine rings is 1. The summed E-state index contributed by atoms with van der Waals surface area (Å²) in [6.45, 7) is 10.1. The molecule has 45 heavy (non-hydrogen) atoms. The van der Waals surface area contributed by atoms with Gasteiger partial charge in [-0.2, -0.15) is 0 Å². The van der Waals surface area contributed by atoms with Crippen molar-refractivity contribution in [3.05, 3.63) is 81.1 Å². The van der Waals surface area contributed by atoms with Crippen LogP contribution in [0.1, 0.15) is 100 Å². The number of aryl methyl sites for hydroxylation is 1. The molecule has 1 N–H and O–H groups in total. The molecule has 1 aromatic carbocycles. The average molecular weight is 655 g/mol. The number of ether oxygens (including phenoxy) is 1. The van der Waals surface area contributed by atoms with E-state index < -0.39 is 11.2 Å². The summed E-state index contributed by atoms with van der Waals surface area (Å²) in [6, 6.07) is 7.58. The lowest BCUT2D eigenvalue weighted by molar-refractivity contribution is 0.0117. The summed E-state index contributed by atoms with van der Waals surface area (Å²) in [5.41, 5.74) is 3.08. The number of hydrogen-bond donors (Lipinski definition) is 1. The molecule has 2 aliphatic rings. The molecule has 2 aromatic heterocycles. The van der Waals surface area contributed by atoms with Gasteiger partial charge in [-0.15, -0.1) is 0 Å². The monoisotopic (exact) mass is 653 g/mol. The Balaban J connectivity index is 1.59. The molecular formula is C35H45Cl2N5O3. The summed E-state index contributed by atoms with van der Waals surface area (Å²) >= 11 is 13.3. The number of rotatable bonds is 9. The second-order valence-electron chi connectivity index (χ2n) is 13.2. The van der Waals surface area contributed by atoms with Crippen molar-refractivity contribution < 1.29 is 14.6 Å². The standard InChI is InChI=1S/C35H45Cl2N5O3/c1-6-7-8-9-10-13-35(44,30-22-38-23-40(30)5)29-19-24-18-25(36)11-12-27(24)32(31-28(29)20-26(37)21-39-31)41-14-16-42(17-15-41)33(43)45-34(2,3)4/h11-12,18-23,32,44H,6-10,13-17H2,1-5H3/t32-,35+/m1/s1. The van der Waals surface area contributed by atoms with E-state index in [9.17, 15) is 9.90 Å². The highest BCUT2D eigenvalue weighted by Crippen LogP contribution is 2.48. The predicted molar refractivity (Wildman–Crippen MR) is 180 cm³/mol. The second-order valence-corrected chi connectivity index (χ2v) is 14.1. The van der Waals surface area contributed by atoms with Crippen LogP contribution >= 0.6 is 23.2 Å². The van der Waals surface area contributed by atoms with Crippen molar-refractivity contribution in [3.63, 3.8) is 0 Å². The van der Waals surface area contributed by atoms with Crippen LogP contribution in [0.15, 0.2) is 43.0 Å². The number of pyridine rings is 1. The minimum atomic E-state index is -1.36. The molecule has 8 nitrogen and oxygen atoms in total. The lowest BCUT2D eigenvalue weighted by atomic mass is 9.80. The first kappa shape index (κ1) is 33.5. The molecule has 3 aromatic rings. The highest BCUT2D eigenvalue weighted by Gasteiger charge is 2.42. The molecule has 0 saturated carbocycles. The van der Waals surface area contributed by atoms with Gasteiger partial charge in [-0.3, -0.25) is 9.88 Å². The Hall–Kier alpha value is -2.91. The van der Waals surface area contributed by atoms with Gasteiger partial charge in [0.1, 0.15) is 11.2 Å². The number of benzene rings is 1. The molecule has 0 spiro atoms. The third kappa shape index (κ3) is 7.40. The Morgan fingerprint density at radius 3 is 2.42 bits per heavy atom. The molecule has 0 radical (unpaired) electrons. The van der Waals surface area contributed by atoms with Crippen LogP contribution in [0.25, 0.3) is 11.6 Å². The van der Waals surface area contributed by atoms with Gasteiger partial charge in [0, 0.05) is 50.0 Å². The molecule has 1 aliphatic carbocycles. The number of hydrogen-bond acceptors (Lipinski definition) is 6. The van der Waals surface area contributed by atoms with E-state index in [0.29, 0.717) is 48.3 Å². The van der Waals surface area contributed by atoms with Gasteiger partial charge >= 0.3 is 6.09 Å². The molecular weight excluding hydrogens is 609 g/mol. The van der Waals surface area contributed by atoms with Crippen LogP contribution in [0.4, 0.5) is 4.79 Å². The third-order valence-electron chi connectivity index (χ3n) is 8.74. The van der Waals surface area contributed by atoms with Crippen LogP contribution in [-0.4, -0.2) is 67.3 Å². The molecule has 1 amide bonds. The summed E-state index contributed by atoms with van der Waals surface area (Å²) in [7, 11) is 1.91. The van der Waals surface area contributed by atoms with Gasteiger partial charge in [0.2, 0.25) is 0 Å². The van der Waals surface area contributed by atoms with Crippen LogP contribution in [0.2, 0.25) is 10.0 Å². The van der Waals surface area contributed by atoms with Crippen molar-refractivity contribution in [2.45, 2.75) is 83.5 Å². The fourth-order valence-corrected chi connectivity index (χ4v) is 6.86. The summed E-state index contributed by atoms with van der Waals surface area (Å²) in [6.07, 6.45) is 12.7. The number of halogens is 2. The molecule has 0 unspecified atom stereocenters. The number of imidazole rings is 1. The van der Waals surface area contributed by atoms with E-state index in [2.05, 4.69) is 29.0 Å². The van der Waals surface area contributed by atoms with E-state index in [1.807, 2.05) is 50.6 Å². The number of aliphatic hydroxyl groups is 1. The number of unbranched alkanes of at least 4 members (excludes halogenated alkanes) is 4. The SMILES string of the molecule is CCCCCCC[C@](O)(C1=Cc2cc(Cl)ccc2[C@@H](N2CCN(C(=O)OC(C)(C)C)CC2)c2ncc(Cl)cc21)c1cncn1C. The van der Waals surface area contributed by atoms with Crippen LogP contribution in [0.3, 0.4) is 0 Å². The molecule has 1 saturated heterocycles. The van der Waals surface area contributed by atoms with Gasteiger partial charge in [-0.25, -0.2) is 9.78 Å². The first-order valence-corrected chi connectivity index (χ1v) is 16.8. The minimum absolute atomic E-state index is 0.251. The number of amides is 1. The van der Waals surface area contributed by atoms with E-state index in [1.165, 1.54) is 6.42 Å². The van der Waals surface area contributed by atoms with Crippen molar-refractivity contribution >= 4 is 40.9 Å². The Kier molecular flexibility index (Phi) is 10.3. The molecule has 1 fully saturated rings. The van der Waals surface area contributed by atoms with Gasteiger partial charge in [0.05, 0.1) is 35.0 Å². The van der Waals surface area contributed by atoms with Crippen molar-refractivity contribution in [2.24, 2.45) is 7.05 Å². The summed E-state index contributed by atoms with van der Waals surface area (Å²) in [4.78, 5) is 26.3. The molecule has 10 heteroatoms. The third-order valence-corrected chi connectivity index (χ3v) is 9.18. The second kappa shape index (κ2) is 13.8. The lowest BCUT2D eigenvalue weighted by Crippen LogP contribution is -2.51. The largest absolute Gasteiger partial charge is 0.444 e. The first-order valence-electron chi connectivity index (χ1n) is 16.0. The van der Waals surface area contributed by atoms with E-state index in [0.717, 1.165) is 53.6 Å². The fraction of sp³-hybridized carbons (Fsp3) is 0.514. The van der Waals surface area contributed by atoms with Gasteiger partial charge in [0.15, 0.2) is 0 Å². The molecule has 1 aliphatic heterocycles. The predicted octanol–water partition coefficient (Wildman–Crippen LogP) is 7.87. The van der Waals surface area contributed by atoms with Crippen molar-refractivity contribution in [3.8, 4) is 0 Å². The van der Waals surface area contributed by atoms with Crippen molar-refractivity contribution in [2.75, 3.05) is 26.2 Å². The van der Waals surface area contributed by atoms with Crippen LogP contribution in [0.5, 0.6) is 0 Å². The highest BCUT2D eigenvalue weighted by atomic mass is 35.5. The van der Waals surface area contributed by atoms with Crippen molar-refractivity contribution in [1.82, 2.24) is 24.3 Å². The molecule has 2 atom stereocenters. The topological polar surface area (TPSA) is 83.7 Å². The van der Waals surface area contributed by atoms with E-state index >= 15 is 0 Å². The smallest absolute Gasteiger partial charge is 0.410 e. The normalized spacial score (nSPS) is 18.4. The summed E-state index contributed by atoms with van der Waals surface area (Å²) < 4.78 is 7.54. The number of nitrogens with zero attached hydrogens (tertiary/aromatic N) is 5. The zero-order chi connectivity index (χ0) is 32.4. The highest BCUT2D eigenvalue weighted by molar-refractivity contribution is 6.31. The van der Waals surface area contributed by atoms with Gasteiger partial charge in [0.25, 0.3) is 0 Å². The van der Waals surface area contributed by atoms with E-state index in [4.69, 9.17) is 32.9 Å². The van der Waals surface area contributed by atoms with Gasteiger partial charge < -0.3 is 19.3 Å². The molecule has 0 bridgehead atoms. The Labute approximate surface area is 277 Å². The van der Waals surface area contributed by atoms with Crippen LogP contribution in [-0.2, 0) is 17.4 Å². The number of carbonyl (C=O) groups excluding carboxylic acids is 1. The maximum absolute atomic E-state index is 12.9. The van der Waals surface area contributed by atoms with Crippen molar-refractivity contribution in [1.29, 1.82) is 0 Å². The summed E-state index contributed by atoms with van der Waals surface area (Å²) in [5, 5.41) is 14.0. The quantitative estimate of drug-likeness (QED) is 0.237. The van der Waals surface area contributed by atoms with E-state index in [1.54, 1.807) is 23.6 Å². The fourth-order valence-electron chi connectivity index (χ4n) is 6.53. The van der Waals surface area contributed by atoms with Crippen LogP contribution in [0, 0.1) is 0 Å². The zero-order valence-electron chi connectivity index (χ0n) is 27.0. The van der Waals surface area contributed by atoms with E-state index in [-0.39, 0.29) is 12.1 Å². The molecule has 3 heterocycles. The number of carbonyl (C=O) groups is 1. The van der Waals surface area contributed by atoms with Gasteiger partial charge in [-0.1, -0.05) is 61.9 Å². The Morgan fingerprint density at radius 2 is 1.76 bits per heavy atom. The van der Waals surface area contributed by atoms with Crippen LogP contribution < -0.4 is 0 Å². The molecule has 242 valence electrons. The number of aromatic nitrogens is 3. The van der Waals surface area contributed by atoms with Gasteiger partial charge in [-0.05, 0) is 74.6 Å². The lowest BCUT2D eigenvalue weighted by Gasteiger charge is -2.40. The zero-order valence-corrected chi connectivity index (χ0v) is 28.5. The Morgan fingerprint density at radius 1 is 1.02 bits per heavy atom.